The van der Waals surface area contributed by atoms with Crippen LogP contribution < -0.4 is 4.74 Å². The van der Waals surface area contributed by atoms with E-state index in [0.29, 0.717) is 11.4 Å². The van der Waals surface area contributed by atoms with Crippen molar-refractivity contribution in [2.24, 2.45) is 5.41 Å². The maximum atomic E-state index is 12.1. The SMILES string of the molecule is CC(C)(C)C(=O)c1ccc(Oc2ccccc2)nc1. The lowest BCUT2D eigenvalue weighted by Gasteiger charge is -2.16. The third kappa shape index (κ3) is 3.41. The molecule has 1 aromatic carbocycles. The molecule has 0 amide bonds. The molecule has 0 fully saturated rings. The minimum atomic E-state index is -0.399. The molecular weight excluding hydrogens is 238 g/mol. The van der Waals surface area contributed by atoms with Crippen LogP contribution in [0.1, 0.15) is 31.1 Å². The van der Waals surface area contributed by atoms with E-state index in [-0.39, 0.29) is 5.78 Å². The zero-order chi connectivity index (χ0) is 13.9. The van der Waals surface area contributed by atoms with Crippen LogP contribution in [0.4, 0.5) is 0 Å². The summed E-state index contributed by atoms with van der Waals surface area (Å²) in [5, 5.41) is 0. The van der Waals surface area contributed by atoms with Gasteiger partial charge in [-0.1, -0.05) is 39.0 Å². The van der Waals surface area contributed by atoms with Crippen LogP contribution in [0, 0.1) is 5.41 Å². The van der Waals surface area contributed by atoms with E-state index in [2.05, 4.69) is 4.98 Å². The van der Waals surface area contributed by atoms with Crippen LogP contribution >= 0.6 is 0 Å². The van der Waals surface area contributed by atoms with Gasteiger partial charge in [-0.05, 0) is 18.2 Å². The van der Waals surface area contributed by atoms with Gasteiger partial charge in [-0.25, -0.2) is 4.98 Å². The average Bonchev–Trinajstić information content (AvgIpc) is 2.39. The van der Waals surface area contributed by atoms with Crippen LogP contribution in [-0.2, 0) is 0 Å². The first-order valence-electron chi connectivity index (χ1n) is 6.20. The summed E-state index contributed by atoms with van der Waals surface area (Å²) < 4.78 is 5.58. The zero-order valence-corrected chi connectivity index (χ0v) is 11.4. The third-order valence-electron chi connectivity index (χ3n) is 2.65. The summed E-state index contributed by atoms with van der Waals surface area (Å²) in [6.45, 7) is 5.68. The first-order chi connectivity index (χ1) is 8.97. The summed E-state index contributed by atoms with van der Waals surface area (Å²) in [5.74, 6) is 1.29. The molecule has 0 aliphatic carbocycles. The second kappa shape index (κ2) is 5.22. The number of hydrogen-bond donors (Lipinski definition) is 0. The molecule has 0 aliphatic rings. The van der Waals surface area contributed by atoms with Gasteiger partial charge in [-0.3, -0.25) is 4.79 Å². The van der Waals surface area contributed by atoms with Crippen LogP contribution in [-0.4, -0.2) is 10.8 Å². The van der Waals surface area contributed by atoms with Gasteiger partial charge in [-0.2, -0.15) is 0 Å². The fourth-order valence-electron chi connectivity index (χ4n) is 1.62. The monoisotopic (exact) mass is 255 g/mol. The van der Waals surface area contributed by atoms with Crippen LogP contribution in [0.15, 0.2) is 48.7 Å². The Morgan fingerprint density at radius 3 is 2.26 bits per heavy atom. The molecule has 98 valence electrons. The van der Waals surface area contributed by atoms with Crippen molar-refractivity contribution in [3.63, 3.8) is 0 Å². The standard InChI is InChI=1S/C16H17NO2/c1-16(2,3)15(18)12-9-10-14(17-11-12)19-13-7-5-4-6-8-13/h4-11H,1-3H3. The highest BCUT2D eigenvalue weighted by atomic mass is 16.5. The van der Waals surface area contributed by atoms with E-state index in [1.54, 1.807) is 18.3 Å². The molecule has 2 aromatic rings. The number of carbonyl (C=O) groups excluding carboxylic acids is 1. The number of benzene rings is 1. The molecule has 2 rings (SSSR count). The fraction of sp³-hybridized carbons (Fsp3) is 0.250. The highest BCUT2D eigenvalue weighted by Crippen LogP contribution is 2.23. The summed E-state index contributed by atoms with van der Waals surface area (Å²) in [6.07, 6.45) is 1.56. The number of aromatic nitrogens is 1. The number of rotatable bonds is 3. The van der Waals surface area contributed by atoms with Gasteiger partial charge >= 0.3 is 0 Å². The van der Waals surface area contributed by atoms with Gasteiger partial charge in [0.2, 0.25) is 5.88 Å². The van der Waals surface area contributed by atoms with Crippen LogP contribution in [0.5, 0.6) is 11.6 Å². The van der Waals surface area contributed by atoms with Gasteiger partial charge in [0.15, 0.2) is 5.78 Å². The molecule has 19 heavy (non-hydrogen) atoms. The number of ketones is 1. The largest absolute Gasteiger partial charge is 0.439 e. The van der Waals surface area contributed by atoms with Crippen LogP contribution in [0.3, 0.4) is 0 Å². The maximum absolute atomic E-state index is 12.1. The summed E-state index contributed by atoms with van der Waals surface area (Å²) in [6, 6.07) is 12.9. The van der Waals surface area contributed by atoms with Gasteiger partial charge in [0.1, 0.15) is 5.75 Å². The molecule has 1 heterocycles. The molecule has 3 nitrogen and oxygen atoms in total. The number of Topliss-reactive ketones (excluding diaryl/α,β-unsaturated/α-hetero) is 1. The average molecular weight is 255 g/mol. The van der Waals surface area contributed by atoms with E-state index < -0.39 is 5.41 Å². The minimum Gasteiger partial charge on any atom is -0.439 e. The predicted molar refractivity (Wildman–Crippen MR) is 74.5 cm³/mol. The number of pyridine rings is 1. The molecule has 0 N–H and O–H groups in total. The lowest BCUT2D eigenvalue weighted by Crippen LogP contribution is -2.20. The van der Waals surface area contributed by atoms with E-state index in [0.717, 1.165) is 5.75 Å². The summed E-state index contributed by atoms with van der Waals surface area (Å²) in [4.78, 5) is 16.2. The fourth-order valence-corrected chi connectivity index (χ4v) is 1.62. The Morgan fingerprint density at radius 1 is 1.05 bits per heavy atom. The van der Waals surface area contributed by atoms with E-state index in [1.165, 1.54) is 0 Å². The number of nitrogens with zero attached hydrogens (tertiary/aromatic N) is 1. The Labute approximate surface area is 113 Å². The number of carbonyl (C=O) groups is 1. The molecule has 1 aromatic heterocycles. The van der Waals surface area contributed by atoms with Gasteiger partial charge in [0.05, 0.1) is 0 Å². The molecule has 0 atom stereocenters. The van der Waals surface area contributed by atoms with Crippen molar-refractivity contribution in [2.45, 2.75) is 20.8 Å². The zero-order valence-electron chi connectivity index (χ0n) is 11.4. The van der Waals surface area contributed by atoms with E-state index >= 15 is 0 Å². The molecule has 0 radical (unpaired) electrons. The third-order valence-corrected chi connectivity index (χ3v) is 2.65. The highest BCUT2D eigenvalue weighted by Gasteiger charge is 2.23. The van der Waals surface area contributed by atoms with Crippen molar-refractivity contribution in [1.82, 2.24) is 4.98 Å². The molecule has 0 aliphatic heterocycles. The van der Waals surface area contributed by atoms with E-state index in [1.807, 2.05) is 51.1 Å². The van der Waals surface area contributed by atoms with Crippen molar-refractivity contribution in [2.75, 3.05) is 0 Å². The highest BCUT2D eigenvalue weighted by molar-refractivity contribution is 5.99. The summed E-state index contributed by atoms with van der Waals surface area (Å²) in [5.41, 5.74) is 0.205. The topological polar surface area (TPSA) is 39.2 Å². The second-order valence-electron chi connectivity index (χ2n) is 5.38. The lowest BCUT2D eigenvalue weighted by molar-refractivity contribution is 0.0858. The van der Waals surface area contributed by atoms with Gasteiger partial charge < -0.3 is 4.74 Å². The molecule has 0 bridgehead atoms. The Balaban J connectivity index is 2.13. The Kier molecular flexibility index (Phi) is 3.65. The van der Waals surface area contributed by atoms with Crippen molar-refractivity contribution in [3.8, 4) is 11.6 Å². The molecule has 0 spiro atoms. The van der Waals surface area contributed by atoms with Crippen molar-refractivity contribution < 1.29 is 9.53 Å². The Hall–Kier alpha value is -2.16. The second-order valence-corrected chi connectivity index (χ2v) is 5.38. The summed E-state index contributed by atoms with van der Waals surface area (Å²) >= 11 is 0. The Bertz CT molecular complexity index is 554. The van der Waals surface area contributed by atoms with Gasteiger partial charge in [0, 0.05) is 23.2 Å². The van der Waals surface area contributed by atoms with Crippen molar-refractivity contribution in [3.05, 3.63) is 54.2 Å². The Morgan fingerprint density at radius 2 is 1.74 bits per heavy atom. The number of para-hydroxylation sites is 1. The maximum Gasteiger partial charge on any atom is 0.219 e. The smallest absolute Gasteiger partial charge is 0.219 e. The molecule has 0 saturated carbocycles. The molecule has 0 unspecified atom stereocenters. The first-order valence-corrected chi connectivity index (χ1v) is 6.20. The normalized spacial score (nSPS) is 11.1. The predicted octanol–water partition coefficient (Wildman–Crippen LogP) is 4.10. The molecule has 0 saturated heterocycles. The van der Waals surface area contributed by atoms with Crippen molar-refractivity contribution in [1.29, 1.82) is 0 Å². The van der Waals surface area contributed by atoms with Crippen molar-refractivity contribution >= 4 is 5.78 Å². The quantitative estimate of drug-likeness (QED) is 0.775. The van der Waals surface area contributed by atoms with Crippen LogP contribution in [0.2, 0.25) is 0 Å². The molecular formula is C16H17NO2. The summed E-state index contributed by atoms with van der Waals surface area (Å²) in [7, 11) is 0. The number of hydrogen-bond acceptors (Lipinski definition) is 3. The van der Waals surface area contributed by atoms with E-state index in [4.69, 9.17) is 4.74 Å². The van der Waals surface area contributed by atoms with Gasteiger partial charge in [0.25, 0.3) is 0 Å². The van der Waals surface area contributed by atoms with E-state index in [9.17, 15) is 4.79 Å². The number of ether oxygens (including phenoxy) is 1. The minimum absolute atomic E-state index is 0.0752. The lowest BCUT2D eigenvalue weighted by atomic mass is 9.87. The first kappa shape index (κ1) is 13.3. The van der Waals surface area contributed by atoms with Gasteiger partial charge in [-0.15, -0.1) is 0 Å². The van der Waals surface area contributed by atoms with Crippen LogP contribution in [0.25, 0.3) is 0 Å². The molecule has 3 heteroatoms.